The molecule has 1 N–H and O–H groups in total. The van der Waals surface area contributed by atoms with E-state index < -0.39 is 0 Å². The van der Waals surface area contributed by atoms with Crippen LogP contribution in [0.5, 0.6) is 0 Å². The number of furan rings is 1. The van der Waals surface area contributed by atoms with E-state index in [1.807, 2.05) is 6.07 Å². The van der Waals surface area contributed by atoms with Gasteiger partial charge in [0.2, 0.25) is 0 Å². The molecule has 0 unspecified atom stereocenters. The van der Waals surface area contributed by atoms with Gasteiger partial charge in [-0.05, 0) is 29.7 Å². The molecular formula is C13H13NO2. The van der Waals surface area contributed by atoms with Crippen molar-refractivity contribution in [2.45, 2.75) is 12.5 Å². The van der Waals surface area contributed by atoms with Crippen molar-refractivity contribution in [3.05, 3.63) is 48.4 Å². The summed E-state index contributed by atoms with van der Waals surface area (Å²) in [6, 6.07) is 10.7. The molecule has 3 nitrogen and oxygen atoms in total. The molecule has 1 aliphatic rings. The minimum absolute atomic E-state index is 0.312. The molecule has 1 aromatic heterocycles. The molecular weight excluding hydrogens is 202 g/mol. The average Bonchev–Trinajstić information content (AvgIpc) is 3.03. The summed E-state index contributed by atoms with van der Waals surface area (Å²) in [7, 11) is 0. The zero-order chi connectivity index (χ0) is 10.8. The van der Waals surface area contributed by atoms with Gasteiger partial charge in [-0.25, -0.2) is 0 Å². The van der Waals surface area contributed by atoms with E-state index in [1.54, 1.807) is 12.5 Å². The second-order valence-corrected chi connectivity index (χ2v) is 3.95. The summed E-state index contributed by atoms with van der Waals surface area (Å²) in [5, 5.41) is 0. The van der Waals surface area contributed by atoms with Crippen LogP contribution in [0.15, 0.2) is 47.3 Å². The van der Waals surface area contributed by atoms with Crippen LogP contribution in [-0.2, 0) is 4.84 Å². The van der Waals surface area contributed by atoms with Crippen LogP contribution in [0.2, 0.25) is 0 Å². The normalized spacial score (nSPS) is 20.1. The molecule has 1 atom stereocenters. The molecule has 0 aliphatic carbocycles. The van der Waals surface area contributed by atoms with E-state index in [0.29, 0.717) is 6.04 Å². The largest absolute Gasteiger partial charge is 0.472 e. The number of hydrogen-bond acceptors (Lipinski definition) is 3. The van der Waals surface area contributed by atoms with Crippen LogP contribution in [-0.4, -0.2) is 6.61 Å². The first-order valence-electron chi connectivity index (χ1n) is 5.43. The zero-order valence-corrected chi connectivity index (χ0v) is 8.85. The third-order valence-corrected chi connectivity index (χ3v) is 2.88. The highest BCUT2D eigenvalue weighted by atomic mass is 16.7. The summed E-state index contributed by atoms with van der Waals surface area (Å²) in [6.45, 7) is 0.778. The Morgan fingerprint density at radius 1 is 1.19 bits per heavy atom. The smallest absolute Gasteiger partial charge is 0.0980 e. The number of rotatable bonds is 2. The molecule has 0 amide bonds. The minimum atomic E-state index is 0.312. The van der Waals surface area contributed by atoms with Crippen molar-refractivity contribution < 1.29 is 9.25 Å². The van der Waals surface area contributed by atoms with Crippen LogP contribution >= 0.6 is 0 Å². The lowest BCUT2D eigenvalue weighted by Crippen LogP contribution is -2.11. The quantitative estimate of drug-likeness (QED) is 0.836. The predicted octanol–water partition coefficient (Wildman–Crippen LogP) is 2.91. The third-order valence-electron chi connectivity index (χ3n) is 2.88. The lowest BCUT2D eigenvalue weighted by atomic mass is 10.0. The van der Waals surface area contributed by atoms with Crippen molar-refractivity contribution in [1.82, 2.24) is 5.48 Å². The Kier molecular flexibility index (Phi) is 2.48. The Hall–Kier alpha value is -1.58. The minimum Gasteiger partial charge on any atom is -0.472 e. The maximum absolute atomic E-state index is 5.17. The van der Waals surface area contributed by atoms with E-state index in [-0.39, 0.29) is 0 Å². The number of benzene rings is 1. The van der Waals surface area contributed by atoms with Gasteiger partial charge in [-0.3, -0.25) is 0 Å². The van der Waals surface area contributed by atoms with E-state index in [4.69, 9.17) is 9.25 Å². The van der Waals surface area contributed by atoms with Crippen LogP contribution < -0.4 is 5.48 Å². The summed E-state index contributed by atoms with van der Waals surface area (Å²) in [4.78, 5) is 5.17. The second-order valence-electron chi connectivity index (χ2n) is 3.95. The fourth-order valence-electron chi connectivity index (χ4n) is 1.99. The predicted molar refractivity (Wildman–Crippen MR) is 60.6 cm³/mol. The van der Waals surface area contributed by atoms with Gasteiger partial charge in [-0.1, -0.05) is 18.2 Å². The van der Waals surface area contributed by atoms with Gasteiger partial charge in [-0.2, -0.15) is 5.48 Å². The Labute approximate surface area is 94.0 Å². The highest BCUT2D eigenvalue weighted by molar-refractivity contribution is 5.62. The monoisotopic (exact) mass is 215 g/mol. The number of nitrogens with one attached hydrogen (secondary N) is 1. The van der Waals surface area contributed by atoms with Crippen LogP contribution in [0.3, 0.4) is 0 Å². The number of hydrogen-bond donors (Lipinski definition) is 1. The summed E-state index contributed by atoms with van der Waals surface area (Å²) in [5.41, 5.74) is 6.57. The summed E-state index contributed by atoms with van der Waals surface area (Å²) >= 11 is 0. The lowest BCUT2D eigenvalue weighted by molar-refractivity contribution is 0.0883. The van der Waals surface area contributed by atoms with Crippen molar-refractivity contribution in [2.24, 2.45) is 0 Å². The SMILES string of the molecule is c1cc(-c2ccoc2)cc([C@H]2CCON2)c1. The molecule has 1 aromatic carbocycles. The molecule has 3 rings (SSSR count). The van der Waals surface area contributed by atoms with Gasteiger partial charge in [0, 0.05) is 5.56 Å². The van der Waals surface area contributed by atoms with Gasteiger partial charge >= 0.3 is 0 Å². The molecule has 2 aromatic rings. The van der Waals surface area contributed by atoms with Crippen molar-refractivity contribution >= 4 is 0 Å². The summed E-state index contributed by atoms with van der Waals surface area (Å²) < 4.78 is 5.09. The molecule has 3 heteroatoms. The van der Waals surface area contributed by atoms with Crippen LogP contribution in [0.1, 0.15) is 18.0 Å². The molecule has 1 saturated heterocycles. The molecule has 16 heavy (non-hydrogen) atoms. The van der Waals surface area contributed by atoms with Gasteiger partial charge in [0.1, 0.15) is 0 Å². The maximum atomic E-state index is 5.17. The lowest BCUT2D eigenvalue weighted by Gasteiger charge is -2.09. The van der Waals surface area contributed by atoms with E-state index in [0.717, 1.165) is 18.6 Å². The molecule has 2 heterocycles. The molecule has 1 aliphatic heterocycles. The van der Waals surface area contributed by atoms with Crippen LogP contribution in [0, 0.1) is 0 Å². The Morgan fingerprint density at radius 2 is 2.19 bits per heavy atom. The van der Waals surface area contributed by atoms with Crippen LogP contribution in [0.25, 0.3) is 11.1 Å². The fourth-order valence-corrected chi connectivity index (χ4v) is 1.99. The molecule has 0 bridgehead atoms. The topological polar surface area (TPSA) is 34.4 Å². The molecule has 0 spiro atoms. The molecule has 0 saturated carbocycles. The van der Waals surface area contributed by atoms with Crippen molar-refractivity contribution in [3.63, 3.8) is 0 Å². The van der Waals surface area contributed by atoms with Crippen LogP contribution in [0.4, 0.5) is 0 Å². The van der Waals surface area contributed by atoms with E-state index >= 15 is 0 Å². The Bertz CT molecular complexity index is 459. The second kappa shape index (κ2) is 4.12. The first-order chi connectivity index (χ1) is 7.93. The number of hydroxylamine groups is 1. The highest BCUT2D eigenvalue weighted by Gasteiger charge is 2.17. The summed E-state index contributed by atoms with van der Waals surface area (Å²) in [5.74, 6) is 0. The maximum Gasteiger partial charge on any atom is 0.0980 e. The molecule has 82 valence electrons. The molecule has 1 fully saturated rings. The summed E-state index contributed by atoms with van der Waals surface area (Å²) in [6.07, 6.45) is 4.48. The highest BCUT2D eigenvalue weighted by Crippen LogP contribution is 2.26. The zero-order valence-electron chi connectivity index (χ0n) is 8.85. The fraction of sp³-hybridized carbons (Fsp3) is 0.231. The van der Waals surface area contributed by atoms with Gasteiger partial charge in [0.15, 0.2) is 0 Å². The Morgan fingerprint density at radius 3 is 2.94 bits per heavy atom. The standard InChI is InChI=1S/C13H13NO2/c1-2-10(12-4-6-15-9-12)8-11(3-1)13-5-7-16-14-13/h1-4,6,8-9,13-14H,5,7H2/t13-/m1/s1. The third kappa shape index (κ3) is 1.75. The van der Waals surface area contributed by atoms with E-state index in [1.165, 1.54) is 11.1 Å². The van der Waals surface area contributed by atoms with Crippen molar-refractivity contribution in [2.75, 3.05) is 6.61 Å². The average molecular weight is 215 g/mol. The van der Waals surface area contributed by atoms with Crippen molar-refractivity contribution in [3.8, 4) is 11.1 Å². The van der Waals surface area contributed by atoms with Gasteiger partial charge in [0.25, 0.3) is 0 Å². The Balaban J connectivity index is 1.93. The van der Waals surface area contributed by atoms with Crippen molar-refractivity contribution in [1.29, 1.82) is 0 Å². The van der Waals surface area contributed by atoms with E-state index in [9.17, 15) is 0 Å². The van der Waals surface area contributed by atoms with E-state index in [2.05, 4.69) is 29.7 Å². The van der Waals surface area contributed by atoms with Gasteiger partial charge < -0.3 is 9.25 Å². The first-order valence-corrected chi connectivity index (χ1v) is 5.43. The first kappa shape index (κ1) is 9.63. The van der Waals surface area contributed by atoms with Gasteiger partial charge in [0.05, 0.1) is 25.2 Å². The van der Waals surface area contributed by atoms with Gasteiger partial charge in [-0.15, -0.1) is 0 Å². The molecule has 0 radical (unpaired) electrons.